The quantitative estimate of drug-likeness (QED) is 0.426. The maximum atomic E-state index is 11.6. The molecule has 0 radical (unpaired) electrons. The van der Waals surface area contributed by atoms with E-state index in [1.165, 1.54) is 26.2 Å². The van der Waals surface area contributed by atoms with Crippen LogP contribution in [0.3, 0.4) is 0 Å². The SMILES string of the molecule is CC(=O)O[C@@H]1CC(C=O)=C[C@H]([C@H]2[C@@]3(CC[C@H]4C(C)(C)CCC[C@@]42C)CO3)O1. The molecule has 2 aliphatic carbocycles. The molecule has 5 nitrogen and oxygen atoms in total. The van der Waals surface area contributed by atoms with Gasteiger partial charge in [0.1, 0.15) is 6.29 Å². The van der Waals surface area contributed by atoms with Gasteiger partial charge < -0.3 is 14.2 Å². The summed E-state index contributed by atoms with van der Waals surface area (Å²) in [5, 5.41) is 0. The summed E-state index contributed by atoms with van der Waals surface area (Å²) in [5.74, 6) is 0.399. The van der Waals surface area contributed by atoms with Gasteiger partial charge in [-0.1, -0.05) is 27.2 Å². The highest BCUT2D eigenvalue weighted by molar-refractivity contribution is 5.74. The van der Waals surface area contributed by atoms with Gasteiger partial charge in [0.25, 0.3) is 0 Å². The van der Waals surface area contributed by atoms with Crippen LogP contribution in [-0.2, 0) is 23.8 Å². The molecule has 0 aromatic heterocycles. The first-order valence-corrected chi connectivity index (χ1v) is 10.3. The lowest BCUT2D eigenvalue weighted by molar-refractivity contribution is -0.213. The van der Waals surface area contributed by atoms with Crippen LogP contribution in [0.4, 0.5) is 0 Å². The molecule has 6 atom stereocenters. The molecule has 2 saturated carbocycles. The molecular formula is C22H32O5. The molecular weight excluding hydrogens is 344 g/mol. The fourth-order valence-electron chi connectivity index (χ4n) is 6.75. The molecule has 1 spiro atoms. The summed E-state index contributed by atoms with van der Waals surface area (Å²) < 4.78 is 17.7. The van der Waals surface area contributed by atoms with Gasteiger partial charge in [-0.15, -0.1) is 0 Å². The summed E-state index contributed by atoms with van der Waals surface area (Å²) in [4.78, 5) is 23.0. The lowest BCUT2D eigenvalue weighted by atomic mass is 9.45. The number of hydrogen-bond acceptors (Lipinski definition) is 5. The molecule has 2 heterocycles. The van der Waals surface area contributed by atoms with Gasteiger partial charge in [0.15, 0.2) is 0 Å². The van der Waals surface area contributed by atoms with Gasteiger partial charge in [-0.2, -0.15) is 0 Å². The maximum absolute atomic E-state index is 11.6. The standard InChI is InChI=1S/C22H32O5/c1-14(24)26-18-11-15(12-23)10-16(27-18)19-21(4)8-5-7-20(2,3)17(21)6-9-22(19)13-25-22/h10,12,16-19H,5-9,11,13H2,1-4H3/t16-,17+,18+,19-,21+,22-/m1/s1. The predicted molar refractivity (Wildman–Crippen MR) is 99.8 cm³/mol. The molecule has 1 saturated heterocycles. The lowest BCUT2D eigenvalue weighted by Crippen LogP contribution is -2.59. The second-order valence-corrected chi connectivity index (χ2v) is 9.97. The summed E-state index contributed by atoms with van der Waals surface area (Å²) in [5.41, 5.74) is 0.896. The molecule has 0 aromatic rings. The Morgan fingerprint density at radius 3 is 2.63 bits per heavy atom. The Labute approximate surface area is 161 Å². The fourth-order valence-corrected chi connectivity index (χ4v) is 6.75. The van der Waals surface area contributed by atoms with Crippen molar-refractivity contribution < 1.29 is 23.8 Å². The first kappa shape index (κ1) is 19.1. The van der Waals surface area contributed by atoms with E-state index in [0.717, 1.165) is 25.7 Å². The van der Waals surface area contributed by atoms with Gasteiger partial charge in [0.2, 0.25) is 6.29 Å². The first-order valence-electron chi connectivity index (χ1n) is 10.3. The minimum absolute atomic E-state index is 0.0871. The molecule has 0 N–H and O–H groups in total. The van der Waals surface area contributed by atoms with E-state index in [2.05, 4.69) is 20.8 Å². The van der Waals surface area contributed by atoms with Crippen molar-refractivity contribution in [1.82, 2.24) is 0 Å². The van der Waals surface area contributed by atoms with Crippen LogP contribution >= 0.6 is 0 Å². The number of rotatable bonds is 3. The predicted octanol–water partition coefficient (Wildman–Crippen LogP) is 3.80. The minimum atomic E-state index is -0.686. The zero-order valence-corrected chi connectivity index (χ0v) is 17.0. The van der Waals surface area contributed by atoms with Crippen molar-refractivity contribution in [3.63, 3.8) is 0 Å². The topological polar surface area (TPSA) is 65.1 Å². The van der Waals surface area contributed by atoms with Crippen LogP contribution in [0.5, 0.6) is 0 Å². The molecule has 4 rings (SSSR count). The Morgan fingerprint density at radius 2 is 2.00 bits per heavy atom. The van der Waals surface area contributed by atoms with E-state index in [1.807, 2.05) is 6.08 Å². The van der Waals surface area contributed by atoms with Crippen LogP contribution < -0.4 is 0 Å². The van der Waals surface area contributed by atoms with Crippen molar-refractivity contribution in [1.29, 1.82) is 0 Å². The van der Waals surface area contributed by atoms with E-state index in [9.17, 15) is 9.59 Å². The Bertz CT molecular complexity index is 662. The summed E-state index contributed by atoms with van der Waals surface area (Å²) >= 11 is 0. The Balaban J connectivity index is 1.70. The van der Waals surface area contributed by atoms with Crippen LogP contribution in [-0.4, -0.2) is 36.9 Å². The molecule has 0 aromatic carbocycles. The summed E-state index contributed by atoms with van der Waals surface area (Å²) in [6.45, 7) is 9.34. The smallest absolute Gasteiger partial charge is 0.304 e. The van der Waals surface area contributed by atoms with Gasteiger partial charge in [-0.3, -0.25) is 9.59 Å². The molecule has 0 unspecified atom stereocenters. The van der Waals surface area contributed by atoms with E-state index in [1.54, 1.807) is 0 Å². The normalized spacial score (nSPS) is 45.6. The number of carbonyl (C=O) groups excluding carboxylic acids is 2. The molecule has 0 bridgehead atoms. The third-order valence-electron chi connectivity index (χ3n) is 7.79. The van der Waals surface area contributed by atoms with E-state index < -0.39 is 6.29 Å². The Hall–Kier alpha value is -1.20. The second-order valence-electron chi connectivity index (χ2n) is 9.97. The van der Waals surface area contributed by atoms with Crippen LogP contribution in [0.2, 0.25) is 0 Å². The molecule has 4 aliphatic rings. The monoisotopic (exact) mass is 376 g/mol. The Morgan fingerprint density at radius 1 is 1.26 bits per heavy atom. The van der Waals surface area contributed by atoms with Crippen LogP contribution in [0.25, 0.3) is 0 Å². The van der Waals surface area contributed by atoms with E-state index in [0.29, 0.717) is 23.3 Å². The first-order chi connectivity index (χ1) is 12.7. The van der Waals surface area contributed by atoms with Crippen LogP contribution in [0.15, 0.2) is 11.6 Å². The van der Waals surface area contributed by atoms with Crippen molar-refractivity contribution in [2.45, 2.75) is 84.2 Å². The number of ether oxygens (including phenoxy) is 3. The molecule has 27 heavy (non-hydrogen) atoms. The largest absolute Gasteiger partial charge is 0.436 e. The van der Waals surface area contributed by atoms with E-state index >= 15 is 0 Å². The minimum Gasteiger partial charge on any atom is -0.436 e. The van der Waals surface area contributed by atoms with Gasteiger partial charge in [-0.25, -0.2) is 0 Å². The number of carbonyl (C=O) groups is 2. The Kier molecular flexibility index (Phi) is 4.54. The zero-order valence-electron chi connectivity index (χ0n) is 17.0. The number of esters is 1. The van der Waals surface area contributed by atoms with Crippen molar-refractivity contribution in [2.75, 3.05) is 6.61 Å². The number of fused-ring (bicyclic) bond motifs is 1. The van der Waals surface area contributed by atoms with Gasteiger partial charge >= 0.3 is 5.97 Å². The highest BCUT2D eigenvalue weighted by Gasteiger charge is 2.67. The highest BCUT2D eigenvalue weighted by Crippen LogP contribution is 2.66. The summed E-state index contributed by atoms with van der Waals surface area (Å²) in [6, 6.07) is 0. The van der Waals surface area contributed by atoms with E-state index in [4.69, 9.17) is 14.2 Å². The van der Waals surface area contributed by atoms with Crippen molar-refractivity contribution in [2.24, 2.45) is 22.7 Å². The average Bonchev–Trinajstić information content (AvgIpc) is 3.32. The molecule has 3 fully saturated rings. The summed E-state index contributed by atoms with van der Waals surface area (Å²) in [7, 11) is 0. The maximum Gasteiger partial charge on any atom is 0.304 e. The molecule has 150 valence electrons. The van der Waals surface area contributed by atoms with Gasteiger partial charge in [0.05, 0.1) is 18.3 Å². The fraction of sp³-hybridized carbons (Fsp3) is 0.818. The van der Waals surface area contributed by atoms with Gasteiger partial charge in [0, 0.05) is 19.3 Å². The number of epoxide rings is 1. The number of hydrogen-bond donors (Lipinski definition) is 0. The van der Waals surface area contributed by atoms with Crippen LogP contribution in [0, 0.1) is 22.7 Å². The average molecular weight is 376 g/mol. The lowest BCUT2D eigenvalue weighted by Gasteiger charge is -2.60. The third kappa shape index (κ3) is 3.17. The van der Waals surface area contributed by atoms with E-state index in [-0.39, 0.29) is 29.0 Å². The molecule has 5 heteroatoms. The molecule has 2 aliphatic heterocycles. The number of aldehydes is 1. The second kappa shape index (κ2) is 6.41. The van der Waals surface area contributed by atoms with Crippen molar-refractivity contribution >= 4 is 12.3 Å². The van der Waals surface area contributed by atoms with Gasteiger partial charge in [-0.05, 0) is 54.1 Å². The molecule has 0 amide bonds. The van der Waals surface area contributed by atoms with Crippen molar-refractivity contribution in [3.8, 4) is 0 Å². The van der Waals surface area contributed by atoms with Crippen molar-refractivity contribution in [3.05, 3.63) is 11.6 Å². The summed E-state index contributed by atoms with van der Waals surface area (Å²) in [6.07, 6.45) is 8.07. The van der Waals surface area contributed by atoms with Crippen LogP contribution in [0.1, 0.15) is 66.2 Å². The zero-order chi connectivity index (χ0) is 19.4. The highest BCUT2D eigenvalue weighted by atomic mass is 16.7. The third-order valence-corrected chi connectivity index (χ3v) is 7.79.